The highest BCUT2D eigenvalue weighted by Crippen LogP contribution is 2.30. The van der Waals surface area contributed by atoms with Gasteiger partial charge in [0.25, 0.3) is 5.69 Å². The second-order valence-electron chi connectivity index (χ2n) is 4.58. The van der Waals surface area contributed by atoms with Crippen molar-refractivity contribution < 1.29 is 4.92 Å². The molecule has 0 saturated heterocycles. The first-order valence-corrected chi connectivity index (χ1v) is 6.13. The number of nitro groups is 1. The van der Waals surface area contributed by atoms with E-state index in [0.29, 0.717) is 17.6 Å². The molecule has 0 atom stereocenters. The Labute approximate surface area is 109 Å². The van der Waals surface area contributed by atoms with Crippen LogP contribution in [0.5, 0.6) is 0 Å². The van der Waals surface area contributed by atoms with Crippen LogP contribution in [0.2, 0.25) is 0 Å². The molecule has 19 heavy (non-hydrogen) atoms. The molecule has 1 aliphatic heterocycles. The maximum Gasteiger partial charge on any atom is 0.292 e. The molecule has 8 nitrogen and oxygen atoms in total. The van der Waals surface area contributed by atoms with Gasteiger partial charge in [0.05, 0.1) is 4.92 Å². The molecule has 0 spiro atoms. The van der Waals surface area contributed by atoms with Gasteiger partial charge in [-0.05, 0) is 31.4 Å². The molecule has 100 valence electrons. The van der Waals surface area contributed by atoms with E-state index >= 15 is 0 Å². The van der Waals surface area contributed by atoms with Crippen LogP contribution >= 0.6 is 0 Å². The Kier molecular flexibility index (Phi) is 2.92. The number of nitrogens with zero attached hydrogens (tertiary/aromatic N) is 2. The zero-order valence-corrected chi connectivity index (χ0v) is 10.1. The maximum absolute atomic E-state index is 11.0. The van der Waals surface area contributed by atoms with E-state index in [2.05, 4.69) is 26.9 Å². The SMILES string of the molecule is O=[N+]([O-])c1ccc(C2=NNNN2)cc1NC1CCC1. The third-order valence-electron chi connectivity index (χ3n) is 3.34. The second-order valence-corrected chi connectivity index (χ2v) is 4.58. The van der Waals surface area contributed by atoms with E-state index in [1.54, 1.807) is 12.1 Å². The Morgan fingerprint density at radius 1 is 1.42 bits per heavy atom. The summed E-state index contributed by atoms with van der Waals surface area (Å²) in [4.78, 5) is 10.7. The largest absolute Gasteiger partial charge is 0.377 e. The summed E-state index contributed by atoms with van der Waals surface area (Å²) in [6, 6.07) is 5.25. The van der Waals surface area contributed by atoms with Crippen molar-refractivity contribution >= 4 is 17.2 Å². The number of hydrogen-bond donors (Lipinski definition) is 4. The molecule has 8 heteroatoms. The van der Waals surface area contributed by atoms with Crippen LogP contribution in [0.25, 0.3) is 0 Å². The lowest BCUT2D eigenvalue weighted by molar-refractivity contribution is -0.384. The van der Waals surface area contributed by atoms with E-state index in [9.17, 15) is 10.1 Å². The lowest BCUT2D eigenvalue weighted by Crippen LogP contribution is -2.35. The van der Waals surface area contributed by atoms with Crippen molar-refractivity contribution in [2.24, 2.45) is 5.10 Å². The highest BCUT2D eigenvalue weighted by molar-refractivity contribution is 6.00. The van der Waals surface area contributed by atoms with E-state index in [1.165, 1.54) is 12.5 Å². The molecule has 1 aromatic carbocycles. The number of benzene rings is 1. The van der Waals surface area contributed by atoms with E-state index in [-0.39, 0.29) is 10.6 Å². The molecule has 1 heterocycles. The molecule has 0 unspecified atom stereocenters. The number of hydrazone groups is 1. The molecule has 1 aromatic rings. The molecule has 0 radical (unpaired) electrons. The monoisotopic (exact) mass is 262 g/mol. The zero-order valence-electron chi connectivity index (χ0n) is 10.1. The Morgan fingerprint density at radius 3 is 2.84 bits per heavy atom. The number of hydrogen-bond acceptors (Lipinski definition) is 7. The van der Waals surface area contributed by atoms with E-state index in [0.717, 1.165) is 18.4 Å². The summed E-state index contributed by atoms with van der Waals surface area (Å²) in [6.07, 6.45) is 3.29. The van der Waals surface area contributed by atoms with Crippen LogP contribution in [0.3, 0.4) is 0 Å². The molecule has 1 fully saturated rings. The molecule has 1 saturated carbocycles. The summed E-state index contributed by atoms with van der Waals surface area (Å²) in [5, 5.41) is 18.2. The first-order chi connectivity index (χ1) is 9.24. The summed E-state index contributed by atoms with van der Waals surface area (Å²) >= 11 is 0. The van der Waals surface area contributed by atoms with Crippen LogP contribution in [0.15, 0.2) is 23.3 Å². The van der Waals surface area contributed by atoms with Crippen LogP contribution in [-0.4, -0.2) is 16.8 Å². The quantitative estimate of drug-likeness (QED) is 0.473. The lowest BCUT2D eigenvalue weighted by Gasteiger charge is -2.27. The smallest absolute Gasteiger partial charge is 0.292 e. The Balaban J connectivity index is 1.91. The van der Waals surface area contributed by atoms with Crippen LogP contribution in [-0.2, 0) is 0 Å². The maximum atomic E-state index is 11.0. The fourth-order valence-electron chi connectivity index (χ4n) is 2.07. The zero-order chi connectivity index (χ0) is 13.2. The average molecular weight is 262 g/mol. The van der Waals surface area contributed by atoms with Gasteiger partial charge in [-0.15, -0.1) is 10.6 Å². The third-order valence-corrected chi connectivity index (χ3v) is 3.34. The minimum absolute atomic E-state index is 0.0927. The van der Waals surface area contributed by atoms with Crippen LogP contribution in [0.1, 0.15) is 24.8 Å². The fourth-order valence-corrected chi connectivity index (χ4v) is 2.07. The molecular formula is C11H14N6O2. The van der Waals surface area contributed by atoms with Crippen molar-refractivity contribution in [3.63, 3.8) is 0 Å². The number of nitro benzene ring substituents is 1. The van der Waals surface area contributed by atoms with Gasteiger partial charge in [-0.25, -0.2) is 5.53 Å². The van der Waals surface area contributed by atoms with Crippen LogP contribution < -0.4 is 21.8 Å². The van der Waals surface area contributed by atoms with Gasteiger partial charge in [0.2, 0.25) is 0 Å². The molecule has 3 rings (SSSR count). The number of nitrogens with one attached hydrogen (secondary N) is 4. The number of anilines is 1. The van der Waals surface area contributed by atoms with E-state index in [1.807, 2.05) is 0 Å². The summed E-state index contributed by atoms with van der Waals surface area (Å²) in [5.74, 6) is 0.603. The van der Waals surface area contributed by atoms with Crippen molar-refractivity contribution in [1.29, 1.82) is 0 Å². The first-order valence-electron chi connectivity index (χ1n) is 6.13. The standard InChI is InChI=1S/C11H14N6O2/c18-17(19)10-5-4-7(11-13-15-16-14-11)6-9(10)12-8-2-1-3-8/h4-6,8,12,15-16H,1-3H2,(H,13,14). The number of hydrazine groups is 2. The Hall–Kier alpha value is -2.35. The minimum Gasteiger partial charge on any atom is -0.377 e. The van der Waals surface area contributed by atoms with Crippen molar-refractivity contribution in [3.05, 3.63) is 33.9 Å². The van der Waals surface area contributed by atoms with Gasteiger partial charge in [-0.1, -0.05) is 0 Å². The Morgan fingerprint density at radius 2 is 2.26 bits per heavy atom. The fraction of sp³-hybridized carbons (Fsp3) is 0.364. The third kappa shape index (κ3) is 2.29. The summed E-state index contributed by atoms with van der Waals surface area (Å²) in [5.41, 5.74) is 9.44. The van der Waals surface area contributed by atoms with E-state index < -0.39 is 0 Å². The highest BCUT2D eigenvalue weighted by Gasteiger charge is 2.23. The van der Waals surface area contributed by atoms with Crippen molar-refractivity contribution in [2.45, 2.75) is 25.3 Å². The van der Waals surface area contributed by atoms with Gasteiger partial charge in [0.15, 0.2) is 5.84 Å². The summed E-state index contributed by atoms with van der Waals surface area (Å²) < 4.78 is 0. The van der Waals surface area contributed by atoms with Crippen molar-refractivity contribution in [3.8, 4) is 0 Å². The van der Waals surface area contributed by atoms with E-state index in [4.69, 9.17) is 0 Å². The summed E-state index contributed by atoms with van der Waals surface area (Å²) in [7, 11) is 0. The molecular weight excluding hydrogens is 248 g/mol. The second kappa shape index (κ2) is 4.73. The molecule has 0 amide bonds. The highest BCUT2D eigenvalue weighted by atomic mass is 16.6. The molecule has 1 aliphatic carbocycles. The lowest BCUT2D eigenvalue weighted by atomic mass is 9.93. The van der Waals surface area contributed by atoms with Crippen LogP contribution in [0.4, 0.5) is 11.4 Å². The summed E-state index contributed by atoms with van der Waals surface area (Å²) in [6.45, 7) is 0. The van der Waals surface area contributed by atoms with Gasteiger partial charge >= 0.3 is 0 Å². The van der Waals surface area contributed by atoms with Crippen molar-refractivity contribution in [1.82, 2.24) is 16.5 Å². The Bertz CT molecular complexity index is 540. The normalized spacial score (nSPS) is 18.0. The predicted molar refractivity (Wildman–Crippen MR) is 70.3 cm³/mol. The van der Waals surface area contributed by atoms with Gasteiger partial charge < -0.3 is 5.32 Å². The molecule has 0 aromatic heterocycles. The van der Waals surface area contributed by atoms with Gasteiger partial charge in [-0.2, -0.15) is 0 Å². The molecule has 4 N–H and O–H groups in total. The van der Waals surface area contributed by atoms with Crippen LogP contribution in [0, 0.1) is 10.1 Å². The van der Waals surface area contributed by atoms with Crippen molar-refractivity contribution in [2.75, 3.05) is 5.32 Å². The minimum atomic E-state index is -0.370. The van der Waals surface area contributed by atoms with Gasteiger partial charge in [0, 0.05) is 17.7 Å². The van der Waals surface area contributed by atoms with Gasteiger partial charge in [-0.3, -0.25) is 15.5 Å². The number of rotatable bonds is 4. The molecule has 0 bridgehead atoms. The van der Waals surface area contributed by atoms with Gasteiger partial charge in [0.1, 0.15) is 5.69 Å². The predicted octanol–water partition coefficient (Wildman–Crippen LogP) is 0.833. The first kappa shape index (κ1) is 11.7. The topological polar surface area (TPSA) is 104 Å². The molecule has 2 aliphatic rings. The average Bonchev–Trinajstić information content (AvgIpc) is 2.87. The number of amidine groups is 1.